The van der Waals surface area contributed by atoms with E-state index >= 15 is 0 Å². The minimum Gasteiger partial charge on any atom is -0.357 e. The van der Waals surface area contributed by atoms with Crippen molar-refractivity contribution >= 4 is 27.3 Å². The SMILES string of the molecule is CCNC(=NCCc1ccc(S(=O)(=O)N(CC)CC)s1)NC1CC=CC1. The van der Waals surface area contributed by atoms with Gasteiger partial charge in [-0.15, -0.1) is 11.3 Å². The molecule has 146 valence electrons. The maximum atomic E-state index is 12.6. The zero-order valence-electron chi connectivity index (χ0n) is 15.9. The van der Waals surface area contributed by atoms with E-state index in [0.29, 0.717) is 29.9 Å². The van der Waals surface area contributed by atoms with Gasteiger partial charge in [0.1, 0.15) is 4.21 Å². The molecule has 0 aromatic carbocycles. The highest BCUT2D eigenvalue weighted by atomic mass is 32.2. The molecule has 1 aliphatic rings. The number of thiophene rings is 1. The second-order valence-electron chi connectivity index (χ2n) is 6.10. The monoisotopic (exact) mass is 398 g/mol. The van der Waals surface area contributed by atoms with Gasteiger partial charge in [-0.2, -0.15) is 4.31 Å². The van der Waals surface area contributed by atoms with Gasteiger partial charge in [-0.1, -0.05) is 26.0 Å². The minimum absolute atomic E-state index is 0.417. The number of rotatable bonds is 9. The summed E-state index contributed by atoms with van der Waals surface area (Å²) in [6, 6.07) is 4.03. The summed E-state index contributed by atoms with van der Waals surface area (Å²) in [5, 5.41) is 6.71. The number of hydrogen-bond acceptors (Lipinski definition) is 4. The van der Waals surface area contributed by atoms with Crippen molar-refractivity contribution in [1.82, 2.24) is 14.9 Å². The van der Waals surface area contributed by atoms with Gasteiger partial charge in [0.05, 0.1) is 0 Å². The lowest BCUT2D eigenvalue weighted by Gasteiger charge is -2.17. The number of hydrogen-bond donors (Lipinski definition) is 2. The summed E-state index contributed by atoms with van der Waals surface area (Å²) in [7, 11) is -3.36. The Kier molecular flexibility index (Phi) is 8.12. The molecule has 1 heterocycles. The van der Waals surface area contributed by atoms with E-state index in [0.717, 1.165) is 36.6 Å². The minimum atomic E-state index is -3.36. The average molecular weight is 399 g/mol. The van der Waals surface area contributed by atoms with Gasteiger partial charge in [-0.05, 0) is 31.9 Å². The van der Waals surface area contributed by atoms with Crippen molar-refractivity contribution in [3.63, 3.8) is 0 Å². The highest BCUT2D eigenvalue weighted by molar-refractivity contribution is 7.91. The molecular weight excluding hydrogens is 368 g/mol. The Bertz CT molecular complexity index is 713. The molecule has 0 amide bonds. The number of sulfonamides is 1. The highest BCUT2D eigenvalue weighted by Gasteiger charge is 2.23. The summed E-state index contributed by atoms with van der Waals surface area (Å²) in [4.78, 5) is 5.66. The normalized spacial score (nSPS) is 15.8. The molecule has 0 bridgehead atoms. The van der Waals surface area contributed by atoms with Crippen LogP contribution in [0.3, 0.4) is 0 Å². The molecule has 0 radical (unpaired) electrons. The Labute approximate surface area is 161 Å². The van der Waals surface area contributed by atoms with Gasteiger partial charge < -0.3 is 10.6 Å². The van der Waals surface area contributed by atoms with Gasteiger partial charge in [-0.3, -0.25) is 4.99 Å². The van der Waals surface area contributed by atoms with Gasteiger partial charge in [0.2, 0.25) is 0 Å². The second-order valence-corrected chi connectivity index (χ2v) is 9.44. The maximum Gasteiger partial charge on any atom is 0.252 e. The van der Waals surface area contributed by atoms with E-state index in [-0.39, 0.29) is 0 Å². The lowest BCUT2D eigenvalue weighted by Crippen LogP contribution is -2.42. The topological polar surface area (TPSA) is 73.8 Å². The van der Waals surface area contributed by atoms with Gasteiger partial charge in [-0.25, -0.2) is 8.42 Å². The van der Waals surface area contributed by atoms with Crippen molar-refractivity contribution in [3.8, 4) is 0 Å². The number of nitrogens with one attached hydrogen (secondary N) is 2. The Hall–Kier alpha value is -1.38. The molecule has 1 aliphatic carbocycles. The first kappa shape index (κ1) is 20.9. The van der Waals surface area contributed by atoms with Crippen LogP contribution in [0.15, 0.2) is 33.5 Å². The third kappa shape index (κ3) is 5.56. The number of guanidine groups is 1. The fraction of sp³-hybridized carbons (Fsp3) is 0.611. The standard InChI is InChI=1S/C18H30N4O2S2/c1-4-19-18(21-15-9-7-8-10-15)20-14-13-16-11-12-17(25-16)26(23,24)22(5-2)6-3/h7-8,11-12,15H,4-6,9-10,13-14H2,1-3H3,(H2,19,20,21). The first-order valence-corrected chi connectivity index (χ1v) is 11.6. The van der Waals surface area contributed by atoms with Gasteiger partial charge in [0.15, 0.2) is 5.96 Å². The van der Waals surface area contributed by atoms with Crippen molar-refractivity contribution in [2.45, 2.75) is 50.3 Å². The van der Waals surface area contributed by atoms with Crippen LogP contribution in [0.5, 0.6) is 0 Å². The van der Waals surface area contributed by atoms with Crippen LogP contribution >= 0.6 is 11.3 Å². The smallest absolute Gasteiger partial charge is 0.252 e. The third-order valence-corrected chi connectivity index (χ3v) is 7.92. The Morgan fingerprint density at radius 2 is 1.92 bits per heavy atom. The van der Waals surface area contributed by atoms with Crippen LogP contribution in [-0.4, -0.2) is 50.9 Å². The van der Waals surface area contributed by atoms with E-state index in [2.05, 4.69) is 27.8 Å². The quantitative estimate of drug-likeness (QED) is 0.381. The molecule has 0 aliphatic heterocycles. The van der Waals surface area contributed by atoms with Crippen LogP contribution in [0.25, 0.3) is 0 Å². The van der Waals surface area contributed by atoms with E-state index in [1.165, 1.54) is 15.6 Å². The maximum absolute atomic E-state index is 12.6. The molecule has 2 N–H and O–H groups in total. The van der Waals surface area contributed by atoms with Crippen LogP contribution < -0.4 is 10.6 Å². The molecule has 8 heteroatoms. The van der Waals surface area contributed by atoms with Crippen LogP contribution in [-0.2, 0) is 16.4 Å². The first-order chi connectivity index (χ1) is 12.5. The Morgan fingerprint density at radius 3 is 2.54 bits per heavy atom. The second kappa shape index (κ2) is 10.1. The average Bonchev–Trinajstić information content (AvgIpc) is 3.28. The summed E-state index contributed by atoms with van der Waals surface area (Å²) in [5.41, 5.74) is 0. The molecule has 2 rings (SSSR count). The van der Waals surface area contributed by atoms with Crippen molar-refractivity contribution < 1.29 is 8.42 Å². The fourth-order valence-corrected chi connectivity index (χ4v) is 5.81. The number of aliphatic imine (C=N–C) groups is 1. The summed E-state index contributed by atoms with van der Waals surface area (Å²) in [5.74, 6) is 0.828. The molecule has 1 aromatic rings. The highest BCUT2D eigenvalue weighted by Crippen LogP contribution is 2.25. The fourth-order valence-electron chi connectivity index (χ4n) is 2.85. The first-order valence-electron chi connectivity index (χ1n) is 9.29. The largest absolute Gasteiger partial charge is 0.357 e. The van der Waals surface area contributed by atoms with E-state index in [4.69, 9.17) is 0 Å². The zero-order valence-corrected chi connectivity index (χ0v) is 17.5. The summed E-state index contributed by atoms with van der Waals surface area (Å²) in [6.07, 6.45) is 7.16. The zero-order chi connectivity index (χ0) is 19.0. The van der Waals surface area contributed by atoms with Crippen LogP contribution in [0.4, 0.5) is 0 Å². The lowest BCUT2D eigenvalue weighted by atomic mass is 10.2. The molecule has 0 atom stereocenters. The van der Waals surface area contributed by atoms with Gasteiger partial charge in [0, 0.05) is 43.5 Å². The molecule has 26 heavy (non-hydrogen) atoms. The Balaban J connectivity index is 1.95. The molecule has 6 nitrogen and oxygen atoms in total. The molecule has 0 spiro atoms. The summed E-state index contributed by atoms with van der Waals surface area (Å²) in [6.45, 7) is 8.19. The van der Waals surface area contributed by atoms with Crippen molar-refractivity contribution in [2.75, 3.05) is 26.2 Å². The van der Waals surface area contributed by atoms with E-state index < -0.39 is 10.0 Å². The molecule has 0 saturated heterocycles. The molecule has 0 fully saturated rings. The third-order valence-electron chi connectivity index (χ3n) is 4.26. The van der Waals surface area contributed by atoms with Crippen molar-refractivity contribution in [1.29, 1.82) is 0 Å². The van der Waals surface area contributed by atoms with Gasteiger partial charge in [0.25, 0.3) is 10.0 Å². The van der Waals surface area contributed by atoms with Crippen LogP contribution in [0, 0.1) is 0 Å². The summed E-state index contributed by atoms with van der Waals surface area (Å²) >= 11 is 1.35. The predicted molar refractivity (Wildman–Crippen MR) is 109 cm³/mol. The molecule has 0 unspecified atom stereocenters. The van der Waals surface area contributed by atoms with Crippen LogP contribution in [0.1, 0.15) is 38.5 Å². The van der Waals surface area contributed by atoms with Crippen molar-refractivity contribution in [3.05, 3.63) is 29.2 Å². The number of nitrogens with zero attached hydrogens (tertiary/aromatic N) is 2. The van der Waals surface area contributed by atoms with Crippen molar-refractivity contribution in [2.24, 2.45) is 4.99 Å². The van der Waals surface area contributed by atoms with E-state index in [1.807, 2.05) is 26.8 Å². The summed E-state index contributed by atoms with van der Waals surface area (Å²) < 4.78 is 27.0. The van der Waals surface area contributed by atoms with E-state index in [1.54, 1.807) is 6.07 Å². The van der Waals surface area contributed by atoms with Crippen LogP contribution in [0.2, 0.25) is 0 Å². The Morgan fingerprint density at radius 1 is 1.23 bits per heavy atom. The van der Waals surface area contributed by atoms with Gasteiger partial charge >= 0.3 is 0 Å². The molecular formula is C18H30N4O2S2. The predicted octanol–water partition coefficient (Wildman–Crippen LogP) is 2.59. The lowest BCUT2D eigenvalue weighted by molar-refractivity contribution is 0.447. The molecule has 0 saturated carbocycles. The molecule has 1 aromatic heterocycles. The van der Waals surface area contributed by atoms with E-state index in [9.17, 15) is 8.42 Å².